The first-order chi connectivity index (χ1) is 17.0. The van der Waals surface area contributed by atoms with Crippen LogP contribution < -0.4 is 9.47 Å². The summed E-state index contributed by atoms with van der Waals surface area (Å²) in [5, 5.41) is 18.0. The van der Waals surface area contributed by atoms with Crippen molar-refractivity contribution < 1.29 is 9.47 Å². The highest BCUT2D eigenvalue weighted by atomic mass is 16.5. The van der Waals surface area contributed by atoms with Crippen LogP contribution in [0.1, 0.15) is 43.6 Å². The van der Waals surface area contributed by atoms with Crippen molar-refractivity contribution in [2.75, 3.05) is 13.2 Å². The van der Waals surface area contributed by atoms with Gasteiger partial charge in [0.2, 0.25) is 11.8 Å². The molecule has 4 aromatic rings. The number of nitrogens with one attached hydrogen (secondary N) is 1. The molecule has 35 heavy (non-hydrogen) atoms. The Hall–Kier alpha value is -3.59. The molecule has 1 saturated heterocycles. The smallest absolute Gasteiger partial charge is 0.240 e. The van der Waals surface area contributed by atoms with Crippen LogP contribution in [0.25, 0.3) is 34.2 Å². The quantitative estimate of drug-likeness (QED) is 0.473. The zero-order valence-corrected chi connectivity index (χ0v) is 20.7. The van der Waals surface area contributed by atoms with Crippen molar-refractivity contribution in [3.05, 3.63) is 41.3 Å². The standard InChI is InChI=1S/C26H31N7O2/c1-5-34-25-19-9-11-23-20-12-17(7-10-22(20)28-29-23)21-13-27-32(4)26(21)35-18-8-6-16(2)33(14-18)15-24(19)31(3)30-25/h7,9-13,16,18H,5-6,8,14-15H2,1-4H3,(H,28,29)/b11-9+/t16-,18?/m0/s1. The monoisotopic (exact) mass is 473 g/mol. The minimum absolute atomic E-state index is 0.0808. The van der Waals surface area contributed by atoms with E-state index in [9.17, 15) is 0 Å². The fourth-order valence-electron chi connectivity index (χ4n) is 5.21. The fourth-order valence-corrected chi connectivity index (χ4v) is 5.21. The zero-order chi connectivity index (χ0) is 24.1. The van der Waals surface area contributed by atoms with Crippen molar-refractivity contribution in [3.63, 3.8) is 0 Å². The molecule has 1 fully saturated rings. The van der Waals surface area contributed by atoms with Crippen molar-refractivity contribution >= 4 is 23.1 Å². The second kappa shape index (κ2) is 8.57. The maximum absolute atomic E-state index is 6.64. The van der Waals surface area contributed by atoms with Crippen LogP contribution in [0, 0.1) is 0 Å². The molecule has 0 spiro atoms. The SMILES string of the molecule is CCOc1nn(C)c2c1/C=C/c1[nH]nc3ccc(cc13)-c1cnn(C)c1OC1CC[C@H](C)N(C2)C1. The van der Waals surface area contributed by atoms with Gasteiger partial charge in [-0.3, -0.25) is 14.7 Å². The number of rotatable bonds is 2. The van der Waals surface area contributed by atoms with E-state index in [-0.39, 0.29) is 6.10 Å². The molecule has 3 aromatic heterocycles. The van der Waals surface area contributed by atoms with Crippen LogP contribution in [0.2, 0.25) is 0 Å². The lowest BCUT2D eigenvalue weighted by atomic mass is 10.0. The van der Waals surface area contributed by atoms with Crippen molar-refractivity contribution in [1.29, 1.82) is 0 Å². The minimum Gasteiger partial charge on any atom is -0.476 e. The summed E-state index contributed by atoms with van der Waals surface area (Å²) in [4.78, 5) is 2.49. The normalized spacial score (nSPS) is 22.7. The van der Waals surface area contributed by atoms with Gasteiger partial charge >= 0.3 is 0 Å². The summed E-state index contributed by atoms with van der Waals surface area (Å²) in [6, 6.07) is 6.73. The van der Waals surface area contributed by atoms with Gasteiger partial charge in [-0.1, -0.05) is 6.07 Å². The summed E-state index contributed by atoms with van der Waals surface area (Å²) in [7, 11) is 3.93. The van der Waals surface area contributed by atoms with E-state index in [0.29, 0.717) is 18.5 Å². The second-order valence-electron chi connectivity index (χ2n) is 9.51. The number of hydrogen-bond donors (Lipinski definition) is 1. The maximum atomic E-state index is 6.64. The molecule has 9 heteroatoms. The Morgan fingerprint density at radius 1 is 1.17 bits per heavy atom. The predicted molar refractivity (Wildman–Crippen MR) is 135 cm³/mol. The third-order valence-electron chi connectivity index (χ3n) is 7.25. The highest BCUT2D eigenvalue weighted by molar-refractivity contribution is 5.93. The molecule has 3 atom stereocenters. The fraction of sp³-hybridized carbons (Fsp3) is 0.423. The van der Waals surface area contributed by atoms with E-state index in [2.05, 4.69) is 51.4 Å². The molecular weight excluding hydrogens is 442 g/mol. The van der Waals surface area contributed by atoms with Gasteiger partial charge < -0.3 is 9.47 Å². The molecule has 0 radical (unpaired) electrons. The van der Waals surface area contributed by atoms with E-state index in [4.69, 9.17) is 14.6 Å². The summed E-state index contributed by atoms with van der Waals surface area (Å²) in [5.74, 6) is 1.46. The number of ether oxygens (including phenoxy) is 2. The molecule has 5 heterocycles. The lowest BCUT2D eigenvalue weighted by Crippen LogP contribution is -2.46. The number of piperidine rings is 1. The second-order valence-corrected chi connectivity index (χ2v) is 9.51. The predicted octanol–water partition coefficient (Wildman–Crippen LogP) is 4.01. The summed E-state index contributed by atoms with van der Waals surface area (Å²) in [5.41, 5.74) is 6.04. The van der Waals surface area contributed by atoms with Gasteiger partial charge in [0.25, 0.3) is 0 Å². The molecule has 182 valence electrons. The Bertz CT molecular complexity index is 1410. The first-order valence-electron chi connectivity index (χ1n) is 12.3. The molecule has 0 aliphatic carbocycles. The van der Waals surface area contributed by atoms with Gasteiger partial charge in [-0.15, -0.1) is 5.10 Å². The largest absolute Gasteiger partial charge is 0.476 e. The van der Waals surface area contributed by atoms with Crippen LogP contribution in [0.5, 0.6) is 11.8 Å². The van der Waals surface area contributed by atoms with Gasteiger partial charge in [0.15, 0.2) is 0 Å². The first kappa shape index (κ1) is 21.9. The first-order valence-corrected chi connectivity index (χ1v) is 12.3. The van der Waals surface area contributed by atoms with Gasteiger partial charge in [0.05, 0.1) is 40.8 Å². The Morgan fingerprint density at radius 3 is 2.91 bits per heavy atom. The number of benzene rings is 1. The van der Waals surface area contributed by atoms with Crippen LogP contribution in [-0.2, 0) is 20.6 Å². The molecule has 1 N–H and O–H groups in total. The van der Waals surface area contributed by atoms with E-state index in [1.54, 1.807) is 0 Å². The van der Waals surface area contributed by atoms with E-state index >= 15 is 0 Å². The number of aromatic amines is 1. The number of hydrogen-bond acceptors (Lipinski definition) is 6. The third kappa shape index (κ3) is 3.80. The Balaban J connectivity index is 1.54. The summed E-state index contributed by atoms with van der Waals surface area (Å²) < 4.78 is 16.4. The van der Waals surface area contributed by atoms with Crippen molar-refractivity contribution in [3.8, 4) is 22.9 Å². The van der Waals surface area contributed by atoms with Crippen LogP contribution in [0.3, 0.4) is 0 Å². The topological polar surface area (TPSA) is 86.0 Å². The molecule has 0 saturated carbocycles. The zero-order valence-electron chi connectivity index (χ0n) is 20.7. The highest BCUT2D eigenvalue weighted by Crippen LogP contribution is 2.35. The molecular formula is C26H31N7O2. The average molecular weight is 474 g/mol. The molecule has 0 amide bonds. The lowest BCUT2D eigenvalue weighted by Gasteiger charge is -2.38. The molecule has 2 aliphatic rings. The van der Waals surface area contributed by atoms with Gasteiger partial charge in [0.1, 0.15) is 6.10 Å². The van der Waals surface area contributed by atoms with E-state index in [1.807, 2.05) is 42.6 Å². The summed E-state index contributed by atoms with van der Waals surface area (Å²) >= 11 is 0. The van der Waals surface area contributed by atoms with Crippen molar-refractivity contribution in [1.82, 2.24) is 34.7 Å². The van der Waals surface area contributed by atoms with E-state index in [1.165, 1.54) is 0 Å². The van der Waals surface area contributed by atoms with E-state index < -0.39 is 0 Å². The van der Waals surface area contributed by atoms with Crippen LogP contribution >= 0.6 is 0 Å². The van der Waals surface area contributed by atoms with Crippen LogP contribution in [-0.4, -0.2) is 60.0 Å². The number of nitrogens with zero attached hydrogens (tertiary/aromatic N) is 6. The molecule has 6 rings (SSSR count). The molecule has 1 aromatic carbocycles. The Morgan fingerprint density at radius 2 is 2.06 bits per heavy atom. The van der Waals surface area contributed by atoms with E-state index in [0.717, 1.165) is 70.8 Å². The van der Waals surface area contributed by atoms with Crippen molar-refractivity contribution in [2.45, 2.75) is 45.4 Å². The molecule has 4 bridgehead atoms. The number of aryl methyl sites for hydroxylation is 2. The lowest BCUT2D eigenvalue weighted by molar-refractivity contribution is 0.0450. The molecule has 2 aliphatic heterocycles. The molecule has 2 unspecified atom stereocenters. The van der Waals surface area contributed by atoms with Crippen LogP contribution in [0.15, 0.2) is 24.4 Å². The van der Waals surface area contributed by atoms with Gasteiger partial charge in [0, 0.05) is 38.6 Å². The molecule has 9 nitrogen and oxygen atoms in total. The average Bonchev–Trinajstić information content (AvgIpc) is 3.50. The summed E-state index contributed by atoms with van der Waals surface area (Å²) in [6.07, 6.45) is 8.23. The highest BCUT2D eigenvalue weighted by Gasteiger charge is 2.30. The Kier molecular flexibility index (Phi) is 5.36. The van der Waals surface area contributed by atoms with Crippen LogP contribution in [0.4, 0.5) is 0 Å². The van der Waals surface area contributed by atoms with Crippen molar-refractivity contribution in [2.24, 2.45) is 14.1 Å². The van der Waals surface area contributed by atoms with Gasteiger partial charge in [-0.05, 0) is 56.5 Å². The number of fused-ring (bicyclic) bond motifs is 6. The summed E-state index contributed by atoms with van der Waals surface area (Å²) in [6.45, 7) is 6.45. The third-order valence-corrected chi connectivity index (χ3v) is 7.25. The van der Waals surface area contributed by atoms with Gasteiger partial charge in [-0.25, -0.2) is 4.68 Å². The van der Waals surface area contributed by atoms with Gasteiger partial charge in [-0.2, -0.15) is 10.2 Å². The maximum Gasteiger partial charge on any atom is 0.240 e. The minimum atomic E-state index is 0.0808. The number of H-pyrrole nitrogens is 1. The Labute approximate surface area is 204 Å². The number of aromatic nitrogens is 6.